The van der Waals surface area contributed by atoms with E-state index in [1.807, 2.05) is 54.4 Å². The SMILES string of the molecule is COC(C)(C(=O)N1CCN(c2nccc(C(C)C)n2)CC1)c1ccccc1. The van der Waals surface area contributed by atoms with Crippen LogP contribution in [0.3, 0.4) is 0 Å². The van der Waals surface area contributed by atoms with Gasteiger partial charge in [-0.05, 0) is 24.5 Å². The normalized spacial score (nSPS) is 17.1. The minimum atomic E-state index is -0.975. The summed E-state index contributed by atoms with van der Waals surface area (Å²) in [4.78, 5) is 26.3. The van der Waals surface area contributed by atoms with Gasteiger partial charge in [0.05, 0.1) is 0 Å². The number of hydrogen-bond donors (Lipinski definition) is 0. The van der Waals surface area contributed by atoms with Crippen LogP contribution in [0, 0.1) is 0 Å². The Hall–Kier alpha value is -2.47. The van der Waals surface area contributed by atoms with E-state index in [-0.39, 0.29) is 5.91 Å². The van der Waals surface area contributed by atoms with Crippen molar-refractivity contribution in [3.63, 3.8) is 0 Å². The zero-order chi connectivity index (χ0) is 19.4. The fourth-order valence-corrected chi connectivity index (χ4v) is 3.33. The van der Waals surface area contributed by atoms with Gasteiger partial charge in [-0.15, -0.1) is 0 Å². The molecule has 1 aromatic carbocycles. The molecule has 1 aliphatic rings. The van der Waals surface area contributed by atoms with Gasteiger partial charge in [0.2, 0.25) is 5.95 Å². The first kappa shape index (κ1) is 19.3. The minimum absolute atomic E-state index is 0.00676. The standard InChI is InChI=1S/C21H28N4O2/c1-16(2)18-10-11-22-20(23-18)25-14-12-24(13-15-25)19(26)21(3,27-4)17-8-6-5-7-9-17/h5-11,16H,12-15H2,1-4H3. The summed E-state index contributed by atoms with van der Waals surface area (Å²) < 4.78 is 5.66. The Labute approximate surface area is 161 Å². The molecule has 1 amide bonds. The van der Waals surface area contributed by atoms with E-state index in [1.54, 1.807) is 7.11 Å². The molecule has 144 valence electrons. The molecule has 3 rings (SSSR count). The average Bonchev–Trinajstić information content (AvgIpc) is 2.73. The summed E-state index contributed by atoms with van der Waals surface area (Å²) in [7, 11) is 1.59. The zero-order valence-electron chi connectivity index (χ0n) is 16.6. The third-order valence-electron chi connectivity index (χ3n) is 5.25. The molecule has 0 aliphatic carbocycles. The Kier molecular flexibility index (Phi) is 5.75. The highest BCUT2D eigenvalue weighted by Gasteiger charge is 2.39. The van der Waals surface area contributed by atoms with Crippen molar-refractivity contribution in [1.29, 1.82) is 0 Å². The first-order valence-electron chi connectivity index (χ1n) is 9.43. The number of nitrogens with zero attached hydrogens (tertiary/aromatic N) is 4. The number of aromatic nitrogens is 2. The van der Waals surface area contributed by atoms with Gasteiger partial charge in [0, 0.05) is 45.2 Å². The summed E-state index contributed by atoms with van der Waals surface area (Å²) >= 11 is 0. The Morgan fingerprint density at radius 3 is 2.37 bits per heavy atom. The number of amides is 1. The van der Waals surface area contributed by atoms with Crippen molar-refractivity contribution in [3.8, 4) is 0 Å². The lowest BCUT2D eigenvalue weighted by atomic mass is 9.93. The molecule has 0 saturated carbocycles. The van der Waals surface area contributed by atoms with E-state index < -0.39 is 5.60 Å². The topological polar surface area (TPSA) is 58.6 Å². The van der Waals surface area contributed by atoms with E-state index in [0.717, 1.165) is 17.2 Å². The molecule has 6 heteroatoms. The maximum atomic E-state index is 13.2. The van der Waals surface area contributed by atoms with Gasteiger partial charge in [-0.2, -0.15) is 0 Å². The molecule has 1 fully saturated rings. The second-order valence-electron chi connectivity index (χ2n) is 7.32. The summed E-state index contributed by atoms with van der Waals surface area (Å²) in [5.74, 6) is 1.10. The molecule has 1 aliphatic heterocycles. The fourth-order valence-electron chi connectivity index (χ4n) is 3.33. The van der Waals surface area contributed by atoms with Crippen molar-refractivity contribution in [2.24, 2.45) is 0 Å². The van der Waals surface area contributed by atoms with Crippen LogP contribution >= 0.6 is 0 Å². The lowest BCUT2D eigenvalue weighted by Gasteiger charge is -2.39. The summed E-state index contributed by atoms with van der Waals surface area (Å²) in [5, 5.41) is 0. The maximum absolute atomic E-state index is 13.2. The molecule has 2 aromatic rings. The number of hydrogen-bond acceptors (Lipinski definition) is 5. The number of benzene rings is 1. The number of rotatable bonds is 5. The number of ether oxygens (including phenoxy) is 1. The Morgan fingerprint density at radius 1 is 1.11 bits per heavy atom. The van der Waals surface area contributed by atoms with Crippen LogP contribution in [0.25, 0.3) is 0 Å². The highest BCUT2D eigenvalue weighted by Crippen LogP contribution is 2.28. The van der Waals surface area contributed by atoms with E-state index in [2.05, 4.69) is 28.7 Å². The monoisotopic (exact) mass is 368 g/mol. The second kappa shape index (κ2) is 8.05. The van der Waals surface area contributed by atoms with E-state index in [9.17, 15) is 4.79 Å². The van der Waals surface area contributed by atoms with Gasteiger partial charge in [0.1, 0.15) is 0 Å². The summed E-state index contributed by atoms with van der Waals surface area (Å²) in [6.45, 7) is 8.76. The molecule has 6 nitrogen and oxygen atoms in total. The van der Waals surface area contributed by atoms with Gasteiger partial charge in [-0.1, -0.05) is 44.2 Å². The first-order valence-corrected chi connectivity index (χ1v) is 9.43. The Bertz CT molecular complexity index is 773. The van der Waals surface area contributed by atoms with Gasteiger partial charge in [0.15, 0.2) is 5.60 Å². The van der Waals surface area contributed by atoms with Crippen molar-refractivity contribution in [1.82, 2.24) is 14.9 Å². The third-order valence-corrected chi connectivity index (χ3v) is 5.25. The second-order valence-corrected chi connectivity index (χ2v) is 7.32. The van der Waals surface area contributed by atoms with Crippen molar-refractivity contribution in [3.05, 3.63) is 53.9 Å². The van der Waals surface area contributed by atoms with Crippen molar-refractivity contribution >= 4 is 11.9 Å². The predicted molar refractivity (Wildman–Crippen MR) is 106 cm³/mol. The number of anilines is 1. The molecule has 0 spiro atoms. The van der Waals surface area contributed by atoms with Crippen LogP contribution < -0.4 is 4.90 Å². The lowest BCUT2D eigenvalue weighted by molar-refractivity contribution is -0.154. The lowest BCUT2D eigenvalue weighted by Crippen LogP contribution is -2.54. The van der Waals surface area contributed by atoms with Crippen LogP contribution in [0.15, 0.2) is 42.6 Å². The van der Waals surface area contributed by atoms with Gasteiger partial charge < -0.3 is 14.5 Å². The van der Waals surface area contributed by atoms with Crippen LogP contribution in [-0.2, 0) is 15.1 Å². The summed E-state index contributed by atoms with van der Waals surface area (Å²) in [6.07, 6.45) is 1.81. The van der Waals surface area contributed by atoms with Gasteiger partial charge >= 0.3 is 0 Å². The van der Waals surface area contributed by atoms with Crippen molar-refractivity contribution in [2.75, 3.05) is 38.2 Å². The predicted octanol–water partition coefficient (Wildman–Crippen LogP) is 2.81. The molecule has 1 unspecified atom stereocenters. The average molecular weight is 368 g/mol. The van der Waals surface area contributed by atoms with Crippen LogP contribution in [0.5, 0.6) is 0 Å². The van der Waals surface area contributed by atoms with Crippen LogP contribution in [0.4, 0.5) is 5.95 Å². The molecule has 1 atom stereocenters. The smallest absolute Gasteiger partial charge is 0.259 e. The van der Waals surface area contributed by atoms with Gasteiger partial charge in [0.25, 0.3) is 5.91 Å². The molecule has 0 N–H and O–H groups in total. The molecule has 0 radical (unpaired) electrons. The minimum Gasteiger partial charge on any atom is -0.364 e. The van der Waals surface area contributed by atoms with Gasteiger partial charge in [-0.25, -0.2) is 9.97 Å². The molecule has 1 aromatic heterocycles. The number of piperazine rings is 1. The molecule has 2 heterocycles. The molecular weight excluding hydrogens is 340 g/mol. The van der Waals surface area contributed by atoms with Gasteiger partial charge in [-0.3, -0.25) is 4.79 Å². The third kappa shape index (κ3) is 3.95. The fraction of sp³-hybridized carbons (Fsp3) is 0.476. The van der Waals surface area contributed by atoms with Crippen molar-refractivity contribution < 1.29 is 9.53 Å². The summed E-state index contributed by atoms with van der Waals surface area (Å²) in [5.41, 5.74) is 0.930. The summed E-state index contributed by atoms with van der Waals surface area (Å²) in [6, 6.07) is 11.6. The molecular formula is C21H28N4O2. The highest BCUT2D eigenvalue weighted by molar-refractivity contribution is 5.86. The van der Waals surface area contributed by atoms with Crippen LogP contribution in [0.1, 0.15) is 37.9 Å². The number of methoxy groups -OCH3 is 1. The molecule has 1 saturated heterocycles. The highest BCUT2D eigenvalue weighted by atomic mass is 16.5. The van der Waals surface area contributed by atoms with Crippen molar-refractivity contribution in [2.45, 2.75) is 32.3 Å². The quantitative estimate of drug-likeness (QED) is 0.812. The number of carbonyl (C=O) groups is 1. The maximum Gasteiger partial charge on any atom is 0.259 e. The molecule has 27 heavy (non-hydrogen) atoms. The van der Waals surface area contributed by atoms with E-state index >= 15 is 0 Å². The Balaban J connectivity index is 1.70. The van der Waals surface area contributed by atoms with Crippen LogP contribution in [0.2, 0.25) is 0 Å². The zero-order valence-corrected chi connectivity index (χ0v) is 16.6. The Morgan fingerprint density at radius 2 is 1.78 bits per heavy atom. The van der Waals surface area contributed by atoms with E-state index in [0.29, 0.717) is 32.1 Å². The van der Waals surface area contributed by atoms with E-state index in [4.69, 9.17) is 4.74 Å². The first-order chi connectivity index (χ1) is 13.0. The largest absolute Gasteiger partial charge is 0.364 e. The van der Waals surface area contributed by atoms with Crippen LogP contribution in [-0.4, -0.2) is 54.1 Å². The number of carbonyl (C=O) groups excluding carboxylic acids is 1. The molecule has 0 bridgehead atoms. The van der Waals surface area contributed by atoms with E-state index in [1.165, 1.54) is 0 Å².